The molecule has 0 aliphatic heterocycles. The lowest BCUT2D eigenvalue weighted by Gasteiger charge is -2.29. The number of nitrogens with zero attached hydrogens (tertiary/aromatic N) is 2. The Morgan fingerprint density at radius 1 is 0.191 bits per heavy atom. The largest absolute Gasteiger partial charge is 0.310 e. The molecule has 68 heavy (non-hydrogen) atoms. The molecule has 0 unspecified atom stereocenters. The van der Waals surface area contributed by atoms with Crippen molar-refractivity contribution in [3.63, 3.8) is 0 Å². The van der Waals surface area contributed by atoms with Gasteiger partial charge in [0, 0.05) is 33.5 Å². The van der Waals surface area contributed by atoms with Gasteiger partial charge in [-0.25, -0.2) is 0 Å². The molecular formula is C66H44N2. The number of benzene rings is 13. The smallest absolute Gasteiger partial charge is 0.0546 e. The molecule has 0 aliphatic carbocycles. The van der Waals surface area contributed by atoms with E-state index >= 15 is 0 Å². The molecule has 13 aromatic rings. The van der Waals surface area contributed by atoms with Gasteiger partial charge in [-0.05, 0) is 137 Å². The quantitative estimate of drug-likeness (QED) is 0.111. The van der Waals surface area contributed by atoms with Crippen LogP contribution in [0.3, 0.4) is 0 Å². The molecule has 2 heteroatoms. The van der Waals surface area contributed by atoms with Gasteiger partial charge < -0.3 is 9.80 Å². The second-order valence-corrected chi connectivity index (χ2v) is 17.6. The fourth-order valence-electron chi connectivity index (χ4n) is 10.8. The molecule has 0 aliphatic rings. The van der Waals surface area contributed by atoms with Crippen LogP contribution in [0.2, 0.25) is 0 Å². The van der Waals surface area contributed by atoms with Crippen molar-refractivity contribution < 1.29 is 0 Å². The van der Waals surface area contributed by atoms with Crippen LogP contribution in [-0.4, -0.2) is 0 Å². The van der Waals surface area contributed by atoms with E-state index in [-0.39, 0.29) is 0 Å². The van der Waals surface area contributed by atoms with E-state index in [1.165, 1.54) is 86.9 Å². The van der Waals surface area contributed by atoms with Crippen molar-refractivity contribution in [1.29, 1.82) is 0 Å². The zero-order valence-electron chi connectivity index (χ0n) is 37.3. The number of hydrogen-bond donors (Lipinski definition) is 0. The van der Waals surface area contributed by atoms with Crippen molar-refractivity contribution in [3.8, 4) is 22.3 Å². The van der Waals surface area contributed by atoms with Crippen LogP contribution in [-0.2, 0) is 0 Å². The Balaban J connectivity index is 1.12. The highest BCUT2D eigenvalue weighted by Gasteiger charge is 2.24. The summed E-state index contributed by atoms with van der Waals surface area (Å²) in [6.07, 6.45) is 0. The van der Waals surface area contributed by atoms with Crippen LogP contribution < -0.4 is 9.80 Å². The Labute approximate surface area is 395 Å². The van der Waals surface area contributed by atoms with Gasteiger partial charge in [0.25, 0.3) is 0 Å². The van der Waals surface area contributed by atoms with Crippen LogP contribution in [0, 0.1) is 0 Å². The van der Waals surface area contributed by atoms with E-state index < -0.39 is 0 Å². The third-order valence-corrected chi connectivity index (χ3v) is 13.7. The summed E-state index contributed by atoms with van der Waals surface area (Å²) in [4.78, 5) is 4.90. The van der Waals surface area contributed by atoms with Crippen LogP contribution in [0.25, 0.3) is 86.9 Å². The van der Waals surface area contributed by atoms with Crippen molar-refractivity contribution in [3.05, 3.63) is 267 Å². The predicted octanol–water partition coefficient (Wildman–Crippen LogP) is 18.9. The van der Waals surface area contributed by atoms with Gasteiger partial charge in [-0.3, -0.25) is 0 Å². The van der Waals surface area contributed by atoms with Gasteiger partial charge in [-0.1, -0.05) is 206 Å². The first kappa shape index (κ1) is 39.4. The van der Waals surface area contributed by atoms with Crippen LogP contribution in [0.4, 0.5) is 34.1 Å². The molecule has 0 amide bonds. The highest BCUT2D eigenvalue weighted by atomic mass is 15.1. The number of rotatable bonds is 8. The molecule has 0 heterocycles. The monoisotopic (exact) mass is 864 g/mol. The van der Waals surface area contributed by atoms with E-state index in [9.17, 15) is 0 Å². The van der Waals surface area contributed by atoms with Crippen molar-refractivity contribution in [1.82, 2.24) is 0 Å². The summed E-state index contributed by atoms with van der Waals surface area (Å²) in [6.45, 7) is 0. The molecule has 0 fully saturated rings. The SMILES string of the molecule is c1ccc(-c2c3ccc(N(c4ccccc4)c4cc5ccccc5c5ccccc45)cc3c(-c3ccccc3)c3ccc(N(c4ccccc4)c4cc5ccccc5c5ccccc45)cc23)cc1. The van der Waals surface area contributed by atoms with Crippen LogP contribution in [0.1, 0.15) is 0 Å². The minimum atomic E-state index is 1.09. The van der Waals surface area contributed by atoms with Crippen molar-refractivity contribution in [2.75, 3.05) is 9.80 Å². The van der Waals surface area contributed by atoms with Gasteiger partial charge in [-0.15, -0.1) is 0 Å². The van der Waals surface area contributed by atoms with Gasteiger partial charge in [0.05, 0.1) is 11.4 Å². The van der Waals surface area contributed by atoms with E-state index in [1.807, 2.05) is 0 Å². The molecule has 0 bridgehead atoms. The van der Waals surface area contributed by atoms with Crippen LogP contribution in [0.15, 0.2) is 267 Å². The summed E-state index contributed by atoms with van der Waals surface area (Å²) in [7, 11) is 0. The Bertz CT molecular complexity index is 3750. The van der Waals surface area contributed by atoms with Crippen molar-refractivity contribution in [2.45, 2.75) is 0 Å². The molecule has 2 nitrogen and oxygen atoms in total. The number of para-hydroxylation sites is 2. The summed E-state index contributed by atoms with van der Waals surface area (Å²) in [5, 5.41) is 14.6. The van der Waals surface area contributed by atoms with E-state index in [1.54, 1.807) is 0 Å². The lowest BCUT2D eigenvalue weighted by molar-refractivity contribution is 1.31. The second-order valence-electron chi connectivity index (χ2n) is 17.6. The molecule has 0 spiro atoms. The summed E-state index contributed by atoms with van der Waals surface area (Å²) in [5.41, 5.74) is 11.4. The third-order valence-electron chi connectivity index (χ3n) is 13.7. The summed E-state index contributed by atoms with van der Waals surface area (Å²) < 4.78 is 0. The van der Waals surface area contributed by atoms with Gasteiger partial charge >= 0.3 is 0 Å². The molecule has 0 atom stereocenters. The average molecular weight is 865 g/mol. The van der Waals surface area contributed by atoms with Gasteiger partial charge in [0.15, 0.2) is 0 Å². The zero-order valence-corrected chi connectivity index (χ0v) is 37.3. The Morgan fingerprint density at radius 3 is 0.912 bits per heavy atom. The van der Waals surface area contributed by atoms with Crippen LogP contribution in [0.5, 0.6) is 0 Å². The van der Waals surface area contributed by atoms with Crippen molar-refractivity contribution in [2.24, 2.45) is 0 Å². The minimum Gasteiger partial charge on any atom is -0.310 e. The standard InChI is InChI=1S/C66H44N2/c1-5-21-45(22-6-1)65-59-39-37-52(68(50-29-11-4-12-30-50)64-42-48-26-14-16-32-54(48)56-34-18-20-36-58(56)64)44-62(59)66(46-23-7-2-8-24-46)60-40-38-51(43-61(60)65)67(49-27-9-3-10-28-49)63-41-47-25-13-15-31-53(47)55-33-17-19-35-57(55)63/h1-44H. The van der Waals surface area contributed by atoms with E-state index in [2.05, 4.69) is 277 Å². The maximum Gasteiger partial charge on any atom is 0.0546 e. The topological polar surface area (TPSA) is 6.48 Å². The van der Waals surface area contributed by atoms with Crippen LogP contribution >= 0.6 is 0 Å². The number of fused-ring (bicyclic) bond motifs is 8. The molecule has 0 N–H and O–H groups in total. The van der Waals surface area contributed by atoms with Gasteiger partial charge in [-0.2, -0.15) is 0 Å². The average Bonchev–Trinajstić information content (AvgIpc) is 3.41. The van der Waals surface area contributed by atoms with Crippen molar-refractivity contribution >= 4 is 98.8 Å². The highest BCUT2D eigenvalue weighted by Crippen LogP contribution is 2.50. The summed E-state index contributed by atoms with van der Waals surface area (Å²) >= 11 is 0. The van der Waals surface area contributed by atoms with E-state index in [0.29, 0.717) is 0 Å². The lowest BCUT2D eigenvalue weighted by atomic mass is 9.85. The maximum atomic E-state index is 2.45. The summed E-state index contributed by atoms with van der Waals surface area (Å²) in [6, 6.07) is 97.7. The normalized spacial score (nSPS) is 11.5. The Kier molecular flexibility index (Phi) is 9.54. The fourth-order valence-corrected chi connectivity index (χ4v) is 10.8. The third kappa shape index (κ3) is 6.57. The molecule has 0 saturated carbocycles. The lowest BCUT2D eigenvalue weighted by Crippen LogP contribution is -2.11. The molecule has 0 saturated heterocycles. The van der Waals surface area contributed by atoms with Gasteiger partial charge in [0.2, 0.25) is 0 Å². The molecule has 0 radical (unpaired) electrons. The molecule has 13 rings (SSSR count). The summed E-state index contributed by atoms with van der Waals surface area (Å²) in [5.74, 6) is 0. The number of hydrogen-bond acceptors (Lipinski definition) is 2. The molecular weight excluding hydrogens is 821 g/mol. The second kappa shape index (κ2) is 16.5. The Hall–Kier alpha value is -8.98. The van der Waals surface area contributed by atoms with E-state index in [0.717, 1.165) is 34.1 Å². The molecule has 318 valence electrons. The highest BCUT2D eigenvalue weighted by molar-refractivity contribution is 6.23. The zero-order chi connectivity index (χ0) is 45.0. The first-order valence-electron chi connectivity index (χ1n) is 23.4. The van der Waals surface area contributed by atoms with E-state index in [4.69, 9.17) is 0 Å². The molecule has 13 aromatic carbocycles. The Morgan fingerprint density at radius 2 is 0.515 bits per heavy atom. The predicted molar refractivity (Wildman–Crippen MR) is 292 cm³/mol. The molecule has 0 aromatic heterocycles. The maximum absolute atomic E-state index is 2.45. The number of anilines is 6. The van der Waals surface area contributed by atoms with Gasteiger partial charge in [0.1, 0.15) is 0 Å². The first-order valence-corrected chi connectivity index (χ1v) is 23.4. The minimum absolute atomic E-state index is 1.09. The first-order chi connectivity index (χ1) is 33.8. The fraction of sp³-hybridized carbons (Fsp3) is 0.